The van der Waals surface area contributed by atoms with Gasteiger partial charge in [-0.05, 0) is 30.5 Å². The lowest BCUT2D eigenvalue weighted by molar-refractivity contribution is -0.134. The van der Waals surface area contributed by atoms with Crippen molar-refractivity contribution >= 4 is 5.91 Å². The highest BCUT2D eigenvalue weighted by atomic mass is 16.2. The van der Waals surface area contributed by atoms with Crippen LogP contribution in [0.2, 0.25) is 0 Å². The SMILES string of the molecule is CCC1CNCCN1C(=O)CCc1ccncc1. The van der Waals surface area contributed by atoms with Crippen molar-refractivity contribution < 1.29 is 4.79 Å². The number of rotatable bonds is 4. The lowest BCUT2D eigenvalue weighted by Crippen LogP contribution is -2.53. The summed E-state index contributed by atoms with van der Waals surface area (Å²) in [4.78, 5) is 18.2. The number of hydrogen-bond donors (Lipinski definition) is 1. The Labute approximate surface area is 108 Å². The van der Waals surface area contributed by atoms with E-state index in [9.17, 15) is 4.79 Å². The molecule has 4 heteroatoms. The second-order valence-electron chi connectivity index (χ2n) is 4.71. The number of pyridine rings is 1. The van der Waals surface area contributed by atoms with E-state index in [1.54, 1.807) is 12.4 Å². The number of aryl methyl sites for hydroxylation is 1. The molecule has 1 aliphatic heterocycles. The van der Waals surface area contributed by atoms with Gasteiger partial charge >= 0.3 is 0 Å². The van der Waals surface area contributed by atoms with Crippen LogP contribution in [0, 0.1) is 0 Å². The quantitative estimate of drug-likeness (QED) is 0.870. The Bertz CT molecular complexity index is 380. The Morgan fingerprint density at radius 3 is 3.00 bits per heavy atom. The first-order valence-electron chi connectivity index (χ1n) is 6.70. The molecular formula is C14H21N3O. The van der Waals surface area contributed by atoms with Crippen LogP contribution >= 0.6 is 0 Å². The van der Waals surface area contributed by atoms with Crippen LogP contribution in [0.3, 0.4) is 0 Å². The summed E-state index contributed by atoms with van der Waals surface area (Å²) < 4.78 is 0. The van der Waals surface area contributed by atoms with Crippen LogP contribution < -0.4 is 5.32 Å². The molecule has 98 valence electrons. The molecule has 1 saturated heterocycles. The minimum atomic E-state index is 0.278. The van der Waals surface area contributed by atoms with Gasteiger partial charge in [0.25, 0.3) is 0 Å². The van der Waals surface area contributed by atoms with Crippen molar-refractivity contribution in [1.82, 2.24) is 15.2 Å². The first-order chi connectivity index (χ1) is 8.81. The molecule has 0 saturated carbocycles. The van der Waals surface area contributed by atoms with Crippen molar-refractivity contribution in [2.45, 2.75) is 32.2 Å². The molecule has 1 aromatic heterocycles. The van der Waals surface area contributed by atoms with Crippen molar-refractivity contribution in [3.05, 3.63) is 30.1 Å². The topological polar surface area (TPSA) is 45.2 Å². The second kappa shape index (κ2) is 6.50. The summed E-state index contributed by atoms with van der Waals surface area (Å²) in [7, 11) is 0. The fraction of sp³-hybridized carbons (Fsp3) is 0.571. The predicted octanol–water partition coefficient (Wildman–Crippen LogP) is 1.22. The molecule has 0 bridgehead atoms. The number of carbonyl (C=O) groups excluding carboxylic acids is 1. The molecule has 0 radical (unpaired) electrons. The third-order valence-corrected chi connectivity index (χ3v) is 3.52. The highest BCUT2D eigenvalue weighted by Gasteiger charge is 2.24. The summed E-state index contributed by atoms with van der Waals surface area (Å²) in [6, 6.07) is 4.31. The van der Waals surface area contributed by atoms with Gasteiger partial charge in [0.15, 0.2) is 0 Å². The number of hydrogen-bond acceptors (Lipinski definition) is 3. The third kappa shape index (κ3) is 3.29. The summed E-state index contributed by atoms with van der Waals surface area (Å²) in [5, 5.41) is 3.34. The molecule has 2 rings (SSSR count). The average Bonchev–Trinajstić information content (AvgIpc) is 2.45. The number of aromatic nitrogens is 1. The lowest BCUT2D eigenvalue weighted by atomic mass is 10.1. The standard InChI is InChI=1S/C14H21N3O/c1-2-13-11-16-9-10-17(13)14(18)4-3-12-5-7-15-8-6-12/h5-8,13,16H,2-4,9-11H2,1H3. The molecule has 1 amide bonds. The molecule has 1 unspecified atom stereocenters. The Balaban J connectivity index is 1.87. The van der Waals surface area contributed by atoms with Gasteiger partial charge in [-0.15, -0.1) is 0 Å². The number of piperazine rings is 1. The van der Waals surface area contributed by atoms with Gasteiger partial charge in [-0.2, -0.15) is 0 Å². The molecule has 1 atom stereocenters. The molecule has 0 aromatic carbocycles. The lowest BCUT2D eigenvalue weighted by Gasteiger charge is -2.35. The van der Waals surface area contributed by atoms with Crippen LogP contribution in [-0.2, 0) is 11.2 Å². The summed E-state index contributed by atoms with van der Waals surface area (Å²) in [5.74, 6) is 0.278. The summed E-state index contributed by atoms with van der Waals surface area (Å²) >= 11 is 0. The number of amides is 1. The van der Waals surface area contributed by atoms with Crippen molar-refractivity contribution in [2.75, 3.05) is 19.6 Å². The van der Waals surface area contributed by atoms with Crippen molar-refractivity contribution in [1.29, 1.82) is 0 Å². The smallest absolute Gasteiger partial charge is 0.223 e. The van der Waals surface area contributed by atoms with Crippen LogP contribution in [-0.4, -0.2) is 41.5 Å². The number of nitrogens with zero attached hydrogens (tertiary/aromatic N) is 2. The molecule has 4 nitrogen and oxygen atoms in total. The van der Waals surface area contributed by atoms with Gasteiger partial charge in [0.1, 0.15) is 0 Å². The first kappa shape index (κ1) is 13.0. The van der Waals surface area contributed by atoms with Crippen LogP contribution in [0.25, 0.3) is 0 Å². The molecule has 0 spiro atoms. The zero-order chi connectivity index (χ0) is 12.8. The molecule has 2 heterocycles. The molecule has 18 heavy (non-hydrogen) atoms. The van der Waals surface area contributed by atoms with Crippen molar-refractivity contribution in [2.24, 2.45) is 0 Å². The number of carbonyl (C=O) groups is 1. The van der Waals surface area contributed by atoms with Crippen LogP contribution in [0.1, 0.15) is 25.3 Å². The van der Waals surface area contributed by atoms with E-state index < -0.39 is 0 Å². The van der Waals surface area contributed by atoms with Gasteiger partial charge in [0.2, 0.25) is 5.91 Å². The van der Waals surface area contributed by atoms with E-state index in [1.807, 2.05) is 17.0 Å². The van der Waals surface area contributed by atoms with Gasteiger partial charge in [-0.3, -0.25) is 9.78 Å². The third-order valence-electron chi connectivity index (χ3n) is 3.52. The summed E-state index contributed by atoms with van der Waals surface area (Å²) in [5.41, 5.74) is 1.18. The van der Waals surface area contributed by atoms with Crippen molar-refractivity contribution in [3.8, 4) is 0 Å². The van der Waals surface area contributed by atoms with E-state index in [-0.39, 0.29) is 5.91 Å². The normalized spacial score (nSPS) is 19.8. The first-order valence-corrected chi connectivity index (χ1v) is 6.70. The largest absolute Gasteiger partial charge is 0.337 e. The monoisotopic (exact) mass is 247 g/mol. The van der Waals surface area contributed by atoms with E-state index in [0.717, 1.165) is 32.5 Å². The molecular weight excluding hydrogens is 226 g/mol. The van der Waals surface area contributed by atoms with Gasteiger partial charge in [0, 0.05) is 44.5 Å². The Kier molecular flexibility index (Phi) is 4.70. The Morgan fingerprint density at radius 1 is 1.50 bits per heavy atom. The van der Waals surface area contributed by atoms with Gasteiger partial charge in [-0.1, -0.05) is 6.92 Å². The van der Waals surface area contributed by atoms with Crippen LogP contribution in [0.4, 0.5) is 0 Å². The van der Waals surface area contributed by atoms with Gasteiger partial charge < -0.3 is 10.2 Å². The zero-order valence-corrected chi connectivity index (χ0v) is 10.9. The fourth-order valence-electron chi connectivity index (χ4n) is 2.40. The van der Waals surface area contributed by atoms with Crippen LogP contribution in [0.15, 0.2) is 24.5 Å². The maximum Gasteiger partial charge on any atom is 0.223 e. The Hall–Kier alpha value is -1.42. The van der Waals surface area contributed by atoms with E-state index >= 15 is 0 Å². The van der Waals surface area contributed by atoms with E-state index in [1.165, 1.54) is 5.56 Å². The highest BCUT2D eigenvalue weighted by Crippen LogP contribution is 2.11. The van der Waals surface area contributed by atoms with Gasteiger partial charge in [0.05, 0.1) is 0 Å². The molecule has 1 N–H and O–H groups in total. The molecule has 1 aromatic rings. The highest BCUT2D eigenvalue weighted by molar-refractivity contribution is 5.77. The van der Waals surface area contributed by atoms with E-state index in [2.05, 4.69) is 17.2 Å². The number of nitrogens with one attached hydrogen (secondary N) is 1. The minimum Gasteiger partial charge on any atom is -0.337 e. The molecule has 1 aliphatic rings. The Morgan fingerprint density at radius 2 is 2.28 bits per heavy atom. The second-order valence-corrected chi connectivity index (χ2v) is 4.71. The van der Waals surface area contributed by atoms with Crippen molar-refractivity contribution in [3.63, 3.8) is 0 Å². The maximum absolute atomic E-state index is 12.2. The predicted molar refractivity (Wildman–Crippen MR) is 71.2 cm³/mol. The summed E-state index contributed by atoms with van der Waals surface area (Å²) in [6.07, 6.45) is 5.98. The molecule has 1 fully saturated rings. The van der Waals surface area contributed by atoms with E-state index in [4.69, 9.17) is 0 Å². The van der Waals surface area contributed by atoms with Crippen LogP contribution in [0.5, 0.6) is 0 Å². The average molecular weight is 247 g/mol. The van der Waals surface area contributed by atoms with Gasteiger partial charge in [-0.25, -0.2) is 0 Å². The minimum absolute atomic E-state index is 0.278. The summed E-state index contributed by atoms with van der Waals surface area (Å²) in [6.45, 7) is 4.82. The van der Waals surface area contributed by atoms with E-state index in [0.29, 0.717) is 12.5 Å². The zero-order valence-electron chi connectivity index (χ0n) is 10.9. The molecule has 0 aliphatic carbocycles. The fourth-order valence-corrected chi connectivity index (χ4v) is 2.40. The maximum atomic E-state index is 12.2.